The molecule has 12 nitrogen and oxygen atoms in total. The molecule has 0 spiro atoms. The third-order valence-corrected chi connectivity index (χ3v) is 6.75. The zero-order valence-corrected chi connectivity index (χ0v) is 28.1. The Balaban J connectivity index is 3.72. The molecule has 0 saturated heterocycles. The molecule has 0 saturated carbocycles. The lowest BCUT2D eigenvalue weighted by atomic mass is 10.1. The van der Waals surface area contributed by atoms with Gasteiger partial charge in [0.15, 0.2) is 0 Å². The molecule has 0 aromatic heterocycles. The molecule has 250 valence electrons. The van der Waals surface area contributed by atoms with E-state index in [2.05, 4.69) is 13.8 Å². The number of carbonyl (C=O) groups excluding carboxylic acids is 2. The molecule has 0 fully saturated rings. The van der Waals surface area contributed by atoms with Gasteiger partial charge in [-0.3, -0.25) is 30.0 Å². The van der Waals surface area contributed by atoms with Crippen LogP contribution in [0.3, 0.4) is 0 Å². The van der Waals surface area contributed by atoms with Crippen LogP contribution in [0.1, 0.15) is 132 Å². The molecule has 0 aliphatic rings. The van der Waals surface area contributed by atoms with Crippen molar-refractivity contribution in [3.8, 4) is 0 Å². The second-order valence-electron chi connectivity index (χ2n) is 13.1. The first-order valence-corrected chi connectivity index (χ1v) is 16.0. The predicted octanol–water partition coefficient (Wildman–Crippen LogP) is 9.71. The molecule has 0 aliphatic heterocycles. The van der Waals surface area contributed by atoms with Crippen molar-refractivity contribution in [2.24, 2.45) is 0 Å². The lowest BCUT2D eigenvalue weighted by Gasteiger charge is -2.30. The van der Waals surface area contributed by atoms with Gasteiger partial charge in [-0.1, -0.05) is 78.1 Å². The van der Waals surface area contributed by atoms with Crippen LogP contribution in [-0.2, 0) is 9.47 Å². The number of nitro benzene ring substituents is 2. The van der Waals surface area contributed by atoms with E-state index in [9.17, 15) is 29.8 Å². The van der Waals surface area contributed by atoms with Gasteiger partial charge in [0.2, 0.25) is 0 Å². The van der Waals surface area contributed by atoms with Gasteiger partial charge < -0.3 is 9.47 Å². The maximum atomic E-state index is 13.5. The number of benzene rings is 1. The summed E-state index contributed by atoms with van der Waals surface area (Å²) in [6.45, 7) is 14.6. The summed E-state index contributed by atoms with van der Waals surface area (Å²) in [6.07, 6.45) is 9.32. The number of hydrogen-bond acceptors (Lipinski definition) is 8. The molecule has 0 aliphatic carbocycles. The van der Waals surface area contributed by atoms with Crippen molar-refractivity contribution in [3.05, 3.63) is 32.4 Å². The number of hydrogen-bond donors (Lipinski definition) is 0. The zero-order chi connectivity index (χ0) is 33.5. The molecule has 0 unspecified atom stereocenters. The third kappa shape index (κ3) is 13.9. The first kappa shape index (κ1) is 38.6. The highest BCUT2D eigenvalue weighted by molar-refractivity contribution is 5.97. The van der Waals surface area contributed by atoms with E-state index in [0.717, 1.165) is 80.1 Å². The number of rotatable bonds is 18. The highest BCUT2D eigenvalue weighted by Gasteiger charge is 2.36. The minimum absolute atomic E-state index is 0.100. The monoisotopic (exact) mass is 622 g/mol. The van der Waals surface area contributed by atoms with Crippen LogP contribution in [-0.4, -0.2) is 46.3 Å². The Morgan fingerprint density at radius 1 is 0.614 bits per heavy atom. The number of anilines is 2. The molecule has 0 N–H and O–H groups in total. The molecule has 1 rings (SSSR count). The molecule has 1 aromatic rings. The molecular formula is C32H54N4O8. The van der Waals surface area contributed by atoms with Gasteiger partial charge in [-0.2, -0.15) is 0 Å². The predicted molar refractivity (Wildman–Crippen MR) is 174 cm³/mol. The SMILES string of the molecule is CCCCCCCCN(C(=O)OC(C)(C)C)c1cc(N(CCCCCCCC)C(=O)OC(C)(C)C)c([N+](=O)[O-])cc1[N+](=O)[O-]. The average Bonchev–Trinajstić information content (AvgIpc) is 2.89. The maximum Gasteiger partial charge on any atom is 0.415 e. The normalized spacial score (nSPS) is 11.6. The second kappa shape index (κ2) is 18.4. The van der Waals surface area contributed by atoms with E-state index in [0.29, 0.717) is 12.8 Å². The van der Waals surface area contributed by atoms with Crippen LogP contribution in [0.4, 0.5) is 32.3 Å². The lowest BCUT2D eigenvalue weighted by molar-refractivity contribution is -0.393. The number of nitrogens with zero attached hydrogens (tertiary/aromatic N) is 4. The standard InChI is InChI=1S/C32H54N4O8/c1-9-11-13-15-17-19-21-33(29(37)43-31(3,4)5)25-23-26(28(36(41)42)24-27(25)35(39)40)34(30(38)44-32(6,7)8)22-20-18-16-14-12-10-2/h23-24H,9-22H2,1-8H3. The van der Waals surface area contributed by atoms with Crippen LogP contribution in [0.25, 0.3) is 0 Å². The first-order valence-electron chi connectivity index (χ1n) is 16.0. The van der Waals surface area contributed by atoms with Crippen molar-refractivity contribution >= 4 is 34.9 Å². The summed E-state index contributed by atoms with van der Waals surface area (Å²) in [5.41, 5.74) is -3.38. The van der Waals surface area contributed by atoms with Crippen molar-refractivity contribution in [2.45, 2.75) is 144 Å². The summed E-state index contributed by atoms with van der Waals surface area (Å²) in [5.74, 6) is 0. The highest BCUT2D eigenvalue weighted by atomic mass is 16.6. The van der Waals surface area contributed by atoms with Crippen LogP contribution < -0.4 is 9.80 Å². The minimum Gasteiger partial charge on any atom is -0.443 e. The topological polar surface area (TPSA) is 145 Å². The Hall–Kier alpha value is -3.44. The van der Waals surface area contributed by atoms with Gasteiger partial charge in [0.1, 0.15) is 22.6 Å². The van der Waals surface area contributed by atoms with Gasteiger partial charge in [-0.15, -0.1) is 0 Å². The molecule has 44 heavy (non-hydrogen) atoms. The van der Waals surface area contributed by atoms with Crippen molar-refractivity contribution in [1.82, 2.24) is 0 Å². The molecule has 0 atom stereocenters. The number of carbonyl (C=O) groups is 2. The summed E-state index contributed by atoms with van der Waals surface area (Å²) < 4.78 is 11.2. The van der Waals surface area contributed by atoms with E-state index >= 15 is 0 Å². The van der Waals surface area contributed by atoms with Gasteiger partial charge >= 0.3 is 12.2 Å². The quantitative estimate of drug-likeness (QED) is 0.0893. The molecule has 12 heteroatoms. The van der Waals surface area contributed by atoms with Gasteiger partial charge in [-0.25, -0.2) is 9.59 Å². The second-order valence-corrected chi connectivity index (χ2v) is 13.1. The van der Waals surface area contributed by atoms with Crippen LogP contribution >= 0.6 is 0 Å². The van der Waals surface area contributed by atoms with E-state index in [1.54, 1.807) is 41.5 Å². The average molecular weight is 623 g/mol. The Labute approximate surface area is 262 Å². The van der Waals surface area contributed by atoms with Gasteiger partial charge in [0.05, 0.1) is 15.9 Å². The maximum absolute atomic E-state index is 13.5. The minimum atomic E-state index is -0.894. The molecule has 2 amide bonds. The van der Waals surface area contributed by atoms with E-state index in [4.69, 9.17) is 9.47 Å². The molecular weight excluding hydrogens is 568 g/mol. The molecule has 0 radical (unpaired) electrons. The number of ether oxygens (including phenoxy) is 2. The van der Waals surface area contributed by atoms with Crippen LogP contribution in [0.2, 0.25) is 0 Å². The first-order chi connectivity index (χ1) is 20.5. The van der Waals surface area contributed by atoms with Crippen molar-refractivity contribution < 1.29 is 28.9 Å². The number of nitro groups is 2. The zero-order valence-electron chi connectivity index (χ0n) is 28.1. The Bertz CT molecular complexity index is 1010. The lowest BCUT2D eigenvalue weighted by Crippen LogP contribution is -2.39. The summed E-state index contributed by atoms with van der Waals surface area (Å²) in [5, 5.41) is 24.5. The number of unbranched alkanes of at least 4 members (excludes halogenated alkanes) is 10. The third-order valence-electron chi connectivity index (χ3n) is 6.75. The Morgan fingerprint density at radius 2 is 0.932 bits per heavy atom. The van der Waals surface area contributed by atoms with E-state index in [1.165, 1.54) is 6.07 Å². The summed E-state index contributed by atoms with van der Waals surface area (Å²) in [4.78, 5) is 52.2. The summed E-state index contributed by atoms with van der Waals surface area (Å²) >= 11 is 0. The molecule has 0 bridgehead atoms. The summed E-state index contributed by atoms with van der Waals surface area (Å²) in [7, 11) is 0. The highest BCUT2D eigenvalue weighted by Crippen LogP contribution is 2.41. The van der Waals surface area contributed by atoms with Crippen molar-refractivity contribution in [3.63, 3.8) is 0 Å². The fraction of sp³-hybridized carbons (Fsp3) is 0.750. The fourth-order valence-corrected chi connectivity index (χ4v) is 4.63. The van der Waals surface area contributed by atoms with Gasteiger partial charge in [0.25, 0.3) is 11.4 Å². The van der Waals surface area contributed by atoms with Crippen molar-refractivity contribution in [1.29, 1.82) is 0 Å². The Kier molecular flexibility index (Phi) is 16.1. The van der Waals surface area contributed by atoms with Crippen LogP contribution in [0.15, 0.2) is 12.1 Å². The van der Waals surface area contributed by atoms with E-state index in [-0.39, 0.29) is 24.5 Å². The van der Waals surface area contributed by atoms with E-state index < -0.39 is 44.6 Å². The van der Waals surface area contributed by atoms with Gasteiger partial charge in [-0.05, 0) is 60.5 Å². The summed E-state index contributed by atoms with van der Waals surface area (Å²) in [6, 6.07) is 2.01. The molecule has 0 heterocycles. The number of amides is 2. The Morgan fingerprint density at radius 3 is 1.23 bits per heavy atom. The smallest absolute Gasteiger partial charge is 0.415 e. The van der Waals surface area contributed by atoms with Crippen molar-refractivity contribution in [2.75, 3.05) is 22.9 Å². The largest absolute Gasteiger partial charge is 0.443 e. The fourth-order valence-electron chi connectivity index (χ4n) is 4.63. The van der Waals surface area contributed by atoms with E-state index in [1.807, 2.05) is 0 Å². The van der Waals surface area contributed by atoms with Crippen LogP contribution in [0, 0.1) is 20.2 Å². The van der Waals surface area contributed by atoms with Gasteiger partial charge in [0, 0.05) is 13.1 Å². The molecule has 1 aromatic carbocycles. The van der Waals surface area contributed by atoms with Crippen LogP contribution in [0.5, 0.6) is 0 Å².